The van der Waals surface area contributed by atoms with Crippen LogP contribution in [-0.4, -0.2) is 32.3 Å². The molecule has 2 rings (SSSR count). The SMILES string of the molecule is Cn1ccnc1C(O)(CCNc1c(Cl)cc([N+](=O)[O-])cc1Cl)C(F)(F)F. The summed E-state index contributed by atoms with van der Waals surface area (Å²) in [6.07, 6.45) is -3.34. The molecule has 0 aliphatic heterocycles. The third kappa shape index (κ3) is 3.87. The molecule has 26 heavy (non-hydrogen) atoms. The van der Waals surface area contributed by atoms with Gasteiger partial charge in [-0.15, -0.1) is 0 Å². The van der Waals surface area contributed by atoms with Gasteiger partial charge in [0.05, 0.1) is 20.7 Å². The topological polar surface area (TPSA) is 93.2 Å². The summed E-state index contributed by atoms with van der Waals surface area (Å²) in [7, 11) is 1.33. The molecule has 7 nitrogen and oxygen atoms in total. The van der Waals surface area contributed by atoms with Gasteiger partial charge in [-0.1, -0.05) is 23.2 Å². The zero-order chi connectivity index (χ0) is 19.7. The summed E-state index contributed by atoms with van der Waals surface area (Å²) in [6, 6.07) is 2.04. The zero-order valence-electron chi connectivity index (χ0n) is 13.2. The molecule has 0 spiro atoms. The lowest BCUT2D eigenvalue weighted by Crippen LogP contribution is -2.45. The van der Waals surface area contributed by atoms with Crippen LogP contribution in [0.25, 0.3) is 0 Å². The predicted molar refractivity (Wildman–Crippen MR) is 89.4 cm³/mol. The molecule has 0 fully saturated rings. The van der Waals surface area contributed by atoms with Crippen LogP contribution in [0.2, 0.25) is 10.0 Å². The van der Waals surface area contributed by atoms with E-state index in [1.807, 2.05) is 0 Å². The van der Waals surface area contributed by atoms with E-state index in [1.54, 1.807) is 0 Å². The van der Waals surface area contributed by atoms with Crippen LogP contribution in [0.5, 0.6) is 0 Å². The fraction of sp³-hybridized carbons (Fsp3) is 0.357. The molecule has 0 aliphatic rings. The number of nitrogens with one attached hydrogen (secondary N) is 1. The molecule has 1 heterocycles. The van der Waals surface area contributed by atoms with Crippen molar-refractivity contribution in [1.82, 2.24) is 9.55 Å². The highest BCUT2D eigenvalue weighted by molar-refractivity contribution is 6.39. The fourth-order valence-corrected chi connectivity index (χ4v) is 2.96. The molecule has 2 N–H and O–H groups in total. The Hall–Kier alpha value is -2.04. The fourth-order valence-electron chi connectivity index (χ4n) is 2.35. The maximum atomic E-state index is 13.4. The van der Waals surface area contributed by atoms with E-state index in [9.17, 15) is 28.4 Å². The lowest BCUT2D eigenvalue weighted by molar-refractivity contribution is -0.384. The minimum atomic E-state index is -4.98. The van der Waals surface area contributed by atoms with Crippen molar-refractivity contribution >= 4 is 34.6 Å². The van der Waals surface area contributed by atoms with Crippen molar-refractivity contribution in [2.75, 3.05) is 11.9 Å². The number of hydrogen-bond acceptors (Lipinski definition) is 5. The number of nitro benzene ring substituents is 1. The van der Waals surface area contributed by atoms with E-state index in [0.717, 1.165) is 22.9 Å². The Labute approximate surface area is 155 Å². The van der Waals surface area contributed by atoms with Crippen molar-refractivity contribution < 1.29 is 23.2 Å². The molecule has 0 amide bonds. The zero-order valence-corrected chi connectivity index (χ0v) is 14.7. The van der Waals surface area contributed by atoms with Gasteiger partial charge in [0, 0.05) is 44.5 Å². The second-order valence-corrected chi connectivity index (χ2v) is 6.25. The number of nitro groups is 1. The average molecular weight is 413 g/mol. The summed E-state index contributed by atoms with van der Waals surface area (Å²) in [6.45, 7) is -0.375. The molecule has 1 unspecified atom stereocenters. The first-order valence-electron chi connectivity index (χ1n) is 7.11. The Bertz CT molecular complexity index is 805. The van der Waals surface area contributed by atoms with E-state index < -0.39 is 28.9 Å². The minimum absolute atomic E-state index is 0.0308. The molecule has 0 saturated carbocycles. The van der Waals surface area contributed by atoms with Crippen molar-refractivity contribution in [3.8, 4) is 0 Å². The highest BCUT2D eigenvalue weighted by Crippen LogP contribution is 2.41. The van der Waals surface area contributed by atoms with Crippen LogP contribution < -0.4 is 5.32 Å². The molecule has 12 heteroatoms. The molecule has 0 saturated heterocycles. The normalized spacial score (nSPS) is 14.1. The van der Waals surface area contributed by atoms with Crippen LogP contribution in [0.4, 0.5) is 24.5 Å². The predicted octanol–water partition coefficient (Wildman–Crippen LogP) is 3.89. The maximum absolute atomic E-state index is 13.4. The van der Waals surface area contributed by atoms with Crippen LogP contribution in [0.15, 0.2) is 24.5 Å². The van der Waals surface area contributed by atoms with Crippen LogP contribution in [0.3, 0.4) is 0 Å². The third-order valence-corrected chi connectivity index (χ3v) is 4.28. The Morgan fingerprint density at radius 1 is 1.35 bits per heavy atom. The number of aromatic nitrogens is 2. The quantitative estimate of drug-likeness (QED) is 0.554. The van der Waals surface area contributed by atoms with Gasteiger partial charge < -0.3 is 15.0 Å². The lowest BCUT2D eigenvalue weighted by atomic mass is 9.97. The van der Waals surface area contributed by atoms with Crippen LogP contribution in [-0.2, 0) is 12.6 Å². The molecule has 0 aliphatic carbocycles. The number of non-ortho nitro benzene ring substituents is 1. The van der Waals surface area contributed by atoms with Crippen LogP contribution in [0, 0.1) is 10.1 Å². The largest absolute Gasteiger partial charge is 0.424 e. The molecule has 142 valence electrons. The maximum Gasteiger partial charge on any atom is 0.424 e. The molecule has 0 bridgehead atoms. The molecule has 1 aromatic heterocycles. The summed E-state index contributed by atoms with van der Waals surface area (Å²) < 4.78 is 41.3. The summed E-state index contributed by atoms with van der Waals surface area (Å²) in [5, 5.41) is 23.3. The summed E-state index contributed by atoms with van der Waals surface area (Å²) in [5.74, 6) is -0.562. The van der Waals surface area contributed by atoms with Gasteiger partial charge in [0.25, 0.3) is 5.69 Å². The van der Waals surface area contributed by atoms with Gasteiger partial charge in [-0.05, 0) is 0 Å². The molecular formula is C14H13Cl2F3N4O3. The number of aliphatic hydroxyl groups is 1. The standard InChI is InChI=1S/C14H13Cl2F3N4O3/c1-22-5-4-21-12(22)13(24,14(17,18)19)2-3-20-11-9(15)6-8(23(25)26)7-10(11)16/h4-7,20,24H,2-3H2,1H3. The van der Waals surface area contributed by atoms with E-state index in [0.29, 0.717) is 0 Å². The summed E-state index contributed by atoms with van der Waals surface area (Å²) >= 11 is 11.8. The third-order valence-electron chi connectivity index (χ3n) is 3.69. The number of anilines is 1. The van der Waals surface area contributed by atoms with E-state index in [-0.39, 0.29) is 28.0 Å². The lowest BCUT2D eigenvalue weighted by Gasteiger charge is -2.30. The summed E-state index contributed by atoms with van der Waals surface area (Å²) in [5.41, 5.74) is -3.52. The first-order chi connectivity index (χ1) is 12.0. The van der Waals surface area contributed by atoms with Crippen LogP contribution in [0.1, 0.15) is 12.2 Å². The Kier molecular flexibility index (Phi) is 5.69. The first-order valence-corrected chi connectivity index (χ1v) is 7.87. The number of hydrogen-bond donors (Lipinski definition) is 2. The van der Waals surface area contributed by atoms with Gasteiger partial charge >= 0.3 is 6.18 Å². The Balaban J connectivity index is 2.22. The van der Waals surface area contributed by atoms with E-state index >= 15 is 0 Å². The summed E-state index contributed by atoms with van der Waals surface area (Å²) in [4.78, 5) is 13.6. The van der Waals surface area contributed by atoms with Crippen LogP contribution >= 0.6 is 23.2 Å². The molecular weight excluding hydrogens is 400 g/mol. The first kappa shape index (κ1) is 20.3. The highest BCUT2D eigenvalue weighted by Gasteiger charge is 2.57. The van der Waals surface area contributed by atoms with Crippen molar-refractivity contribution in [3.05, 3.63) is 50.5 Å². The number of alkyl halides is 3. The second-order valence-electron chi connectivity index (χ2n) is 5.44. The van der Waals surface area contributed by atoms with Crippen molar-refractivity contribution in [2.45, 2.75) is 18.2 Å². The van der Waals surface area contributed by atoms with Gasteiger partial charge in [-0.2, -0.15) is 13.2 Å². The van der Waals surface area contributed by atoms with Crippen molar-refractivity contribution in [1.29, 1.82) is 0 Å². The number of benzene rings is 1. The van der Waals surface area contributed by atoms with E-state index in [2.05, 4.69) is 10.3 Å². The van der Waals surface area contributed by atoms with Gasteiger partial charge in [0.2, 0.25) is 5.60 Å². The number of aryl methyl sites for hydroxylation is 1. The monoisotopic (exact) mass is 412 g/mol. The van der Waals surface area contributed by atoms with E-state index in [1.165, 1.54) is 13.2 Å². The van der Waals surface area contributed by atoms with Gasteiger partial charge in [-0.3, -0.25) is 10.1 Å². The molecule has 1 aromatic carbocycles. The van der Waals surface area contributed by atoms with Gasteiger partial charge in [-0.25, -0.2) is 4.98 Å². The number of imidazole rings is 1. The highest BCUT2D eigenvalue weighted by atomic mass is 35.5. The van der Waals surface area contributed by atoms with Crippen molar-refractivity contribution in [2.24, 2.45) is 7.05 Å². The Morgan fingerprint density at radius 2 is 1.92 bits per heavy atom. The number of nitrogens with zero attached hydrogens (tertiary/aromatic N) is 3. The second kappa shape index (κ2) is 7.29. The molecule has 2 aromatic rings. The average Bonchev–Trinajstić information content (AvgIpc) is 2.94. The molecule has 1 atom stereocenters. The minimum Gasteiger partial charge on any atom is -0.382 e. The van der Waals surface area contributed by atoms with E-state index in [4.69, 9.17) is 23.2 Å². The Morgan fingerprint density at radius 3 is 2.35 bits per heavy atom. The van der Waals surface area contributed by atoms with Gasteiger partial charge in [0.15, 0.2) is 0 Å². The smallest absolute Gasteiger partial charge is 0.382 e. The number of halogens is 5. The van der Waals surface area contributed by atoms with Crippen molar-refractivity contribution in [3.63, 3.8) is 0 Å². The van der Waals surface area contributed by atoms with Gasteiger partial charge in [0.1, 0.15) is 5.82 Å². The number of rotatable bonds is 6. The molecule has 0 radical (unpaired) electrons.